The first-order chi connectivity index (χ1) is 13.1. The number of hydrogen-bond donors (Lipinski definition) is 0. The summed E-state index contributed by atoms with van der Waals surface area (Å²) in [4.78, 5) is 33.3. The third-order valence-electron chi connectivity index (χ3n) is 5.78. The summed E-state index contributed by atoms with van der Waals surface area (Å²) >= 11 is 0. The number of fused-ring (bicyclic) bond motifs is 1. The van der Waals surface area contributed by atoms with Crippen LogP contribution in [-0.2, 0) is 22.6 Å². The van der Waals surface area contributed by atoms with E-state index in [1.165, 1.54) is 11.1 Å². The van der Waals surface area contributed by atoms with Crippen LogP contribution in [-0.4, -0.2) is 90.3 Å². The van der Waals surface area contributed by atoms with Crippen molar-refractivity contribution >= 4 is 11.8 Å². The largest absolute Gasteiger partial charge is 0.342 e. The van der Waals surface area contributed by atoms with E-state index in [2.05, 4.69) is 28.0 Å². The third-order valence-corrected chi connectivity index (χ3v) is 5.78. The first-order valence-corrected chi connectivity index (χ1v) is 10.2. The molecule has 148 valence electrons. The molecule has 0 aliphatic carbocycles. The highest BCUT2D eigenvalue weighted by Crippen LogP contribution is 2.18. The maximum absolute atomic E-state index is 12.7. The molecule has 6 heteroatoms. The van der Waals surface area contributed by atoms with Crippen LogP contribution in [0.2, 0.25) is 0 Å². The van der Waals surface area contributed by atoms with Gasteiger partial charge in [0.05, 0.1) is 13.1 Å². The lowest BCUT2D eigenvalue weighted by Gasteiger charge is -2.36. The van der Waals surface area contributed by atoms with Crippen molar-refractivity contribution in [2.45, 2.75) is 26.8 Å². The van der Waals surface area contributed by atoms with Gasteiger partial charge in [0, 0.05) is 52.4 Å². The van der Waals surface area contributed by atoms with Gasteiger partial charge in [-0.25, -0.2) is 0 Å². The molecule has 1 saturated heterocycles. The fourth-order valence-electron chi connectivity index (χ4n) is 3.97. The second-order valence-electron chi connectivity index (χ2n) is 7.45. The molecule has 2 aliphatic heterocycles. The lowest BCUT2D eigenvalue weighted by molar-refractivity contribution is -0.135. The Morgan fingerprint density at radius 1 is 0.889 bits per heavy atom. The number of rotatable bonds is 6. The molecule has 1 aromatic rings. The van der Waals surface area contributed by atoms with Crippen LogP contribution in [0.1, 0.15) is 25.0 Å². The van der Waals surface area contributed by atoms with Gasteiger partial charge in [-0.05, 0) is 31.4 Å². The lowest BCUT2D eigenvalue weighted by Crippen LogP contribution is -2.52. The normalized spacial score (nSPS) is 18.2. The van der Waals surface area contributed by atoms with Crippen LogP contribution in [0.4, 0.5) is 0 Å². The van der Waals surface area contributed by atoms with E-state index in [1.54, 1.807) is 0 Å². The number of carbonyl (C=O) groups excluding carboxylic acids is 2. The quantitative estimate of drug-likeness (QED) is 0.749. The SMILES string of the molecule is CCN(CC)C(=O)CN1CCN(CC(=O)N2CCc3ccccc3C2)CC1. The molecule has 2 aliphatic rings. The second kappa shape index (κ2) is 9.33. The van der Waals surface area contributed by atoms with Gasteiger partial charge < -0.3 is 9.80 Å². The zero-order chi connectivity index (χ0) is 19.2. The van der Waals surface area contributed by atoms with E-state index in [-0.39, 0.29) is 11.8 Å². The van der Waals surface area contributed by atoms with Crippen molar-refractivity contribution < 1.29 is 9.59 Å². The number of amides is 2. The maximum atomic E-state index is 12.7. The lowest BCUT2D eigenvalue weighted by atomic mass is 10.00. The molecule has 0 spiro atoms. The van der Waals surface area contributed by atoms with Crippen LogP contribution >= 0.6 is 0 Å². The van der Waals surface area contributed by atoms with Crippen LogP contribution in [0.3, 0.4) is 0 Å². The molecule has 0 radical (unpaired) electrons. The third kappa shape index (κ3) is 5.08. The summed E-state index contributed by atoms with van der Waals surface area (Å²) in [5.74, 6) is 0.425. The Morgan fingerprint density at radius 2 is 1.48 bits per heavy atom. The van der Waals surface area contributed by atoms with Crippen molar-refractivity contribution in [3.63, 3.8) is 0 Å². The summed E-state index contributed by atoms with van der Waals surface area (Å²) in [6, 6.07) is 8.41. The number of likely N-dealkylation sites (N-methyl/N-ethyl adjacent to an activating group) is 1. The zero-order valence-corrected chi connectivity index (χ0v) is 16.7. The highest BCUT2D eigenvalue weighted by molar-refractivity contribution is 5.79. The van der Waals surface area contributed by atoms with Gasteiger partial charge in [0.1, 0.15) is 0 Å². The Labute approximate surface area is 162 Å². The first-order valence-electron chi connectivity index (χ1n) is 10.2. The number of carbonyl (C=O) groups is 2. The van der Waals surface area contributed by atoms with Crippen molar-refractivity contribution in [2.24, 2.45) is 0 Å². The van der Waals surface area contributed by atoms with Gasteiger partial charge in [0.15, 0.2) is 0 Å². The first kappa shape index (κ1) is 19.8. The Bertz CT molecular complexity index is 651. The Hall–Kier alpha value is -1.92. The molecule has 0 unspecified atom stereocenters. The molecular weight excluding hydrogens is 340 g/mol. The molecule has 3 rings (SSSR count). The zero-order valence-electron chi connectivity index (χ0n) is 16.7. The predicted molar refractivity (Wildman–Crippen MR) is 106 cm³/mol. The average Bonchev–Trinajstić information content (AvgIpc) is 2.70. The topological polar surface area (TPSA) is 47.1 Å². The van der Waals surface area contributed by atoms with E-state index in [4.69, 9.17) is 0 Å². The fraction of sp³-hybridized carbons (Fsp3) is 0.619. The molecular formula is C21H32N4O2. The van der Waals surface area contributed by atoms with Crippen molar-refractivity contribution in [1.82, 2.24) is 19.6 Å². The van der Waals surface area contributed by atoms with Gasteiger partial charge in [-0.2, -0.15) is 0 Å². The second-order valence-corrected chi connectivity index (χ2v) is 7.45. The van der Waals surface area contributed by atoms with Gasteiger partial charge in [0.2, 0.25) is 11.8 Å². The summed E-state index contributed by atoms with van der Waals surface area (Å²) in [5.41, 5.74) is 2.64. The summed E-state index contributed by atoms with van der Waals surface area (Å²) < 4.78 is 0. The molecule has 1 fully saturated rings. The van der Waals surface area contributed by atoms with Crippen LogP contribution in [0.15, 0.2) is 24.3 Å². The molecule has 0 atom stereocenters. The monoisotopic (exact) mass is 372 g/mol. The van der Waals surface area contributed by atoms with Gasteiger partial charge in [0.25, 0.3) is 0 Å². The van der Waals surface area contributed by atoms with Crippen molar-refractivity contribution in [1.29, 1.82) is 0 Å². The summed E-state index contributed by atoms with van der Waals surface area (Å²) in [7, 11) is 0. The predicted octanol–water partition coefficient (Wildman–Crippen LogP) is 1.06. The van der Waals surface area contributed by atoms with Gasteiger partial charge in [-0.1, -0.05) is 24.3 Å². The number of nitrogens with zero attached hydrogens (tertiary/aromatic N) is 4. The highest BCUT2D eigenvalue weighted by atomic mass is 16.2. The highest BCUT2D eigenvalue weighted by Gasteiger charge is 2.25. The van der Waals surface area contributed by atoms with Gasteiger partial charge in [-0.15, -0.1) is 0 Å². The summed E-state index contributed by atoms with van der Waals surface area (Å²) in [5, 5.41) is 0. The van der Waals surface area contributed by atoms with Crippen LogP contribution in [0.5, 0.6) is 0 Å². The minimum atomic E-state index is 0.205. The van der Waals surface area contributed by atoms with E-state index in [9.17, 15) is 9.59 Å². The van der Waals surface area contributed by atoms with E-state index in [0.29, 0.717) is 13.1 Å². The smallest absolute Gasteiger partial charge is 0.237 e. The number of benzene rings is 1. The van der Waals surface area contributed by atoms with Crippen molar-refractivity contribution in [2.75, 3.05) is 58.9 Å². The Balaban J connectivity index is 1.43. The van der Waals surface area contributed by atoms with E-state index in [1.807, 2.05) is 29.7 Å². The maximum Gasteiger partial charge on any atom is 0.237 e. The molecule has 0 bridgehead atoms. The molecule has 6 nitrogen and oxygen atoms in total. The average molecular weight is 373 g/mol. The molecule has 0 aromatic heterocycles. The summed E-state index contributed by atoms with van der Waals surface area (Å²) in [6.45, 7) is 11.5. The Kier molecular flexibility index (Phi) is 6.85. The summed E-state index contributed by atoms with van der Waals surface area (Å²) in [6.07, 6.45) is 0.948. The molecule has 2 heterocycles. The Morgan fingerprint density at radius 3 is 2.11 bits per heavy atom. The van der Waals surface area contributed by atoms with E-state index in [0.717, 1.165) is 58.8 Å². The van der Waals surface area contributed by atoms with Gasteiger partial charge >= 0.3 is 0 Å². The minimum Gasteiger partial charge on any atom is -0.342 e. The van der Waals surface area contributed by atoms with Crippen molar-refractivity contribution in [3.8, 4) is 0 Å². The number of piperazine rings is 1. The molecule has 0 saturated carbocycles. The van der Waals surface area contributed by atoms with E-state index >= 15 is 0 Å². The van der Waals surface area contributed by atoms with Crippen LogP contribution < -0.4 is 0 Å². The standard InChI is InChI=1S/C21H32N4O2/c1-3-24(4-2)20(26)16-22-11-13-23(14-12-22)17-21(27)25-10-9-18-7-5-6-8-19(18)15-25/h5-8H,3-4,9-17H2,1-2H3. The van der Waals surface area contributed by atoms with Gasteiger partial charge in [-0.3, -0.25) is 19.4 Å². The molecule has 0 N–H and O–H groups in total. The molecule has 1 aromatic carbocycles. The van der Waals surface area contributed by atoms with Crippen LogP contribution in [0.25, 0.3) is 0 Å². The van der Waals surface area contributed by atoms with E-state index < -0.39 is 0 Å². The number of hydrogen-bond acceptors (Lipinski definition) is 4. The minimum absolute atomic E-state index is 0.205. The van der Waals surface area contributed by atoms with Crippen molar-refractivity contribution in [3.05, 3.63) is 35.4 Å². The fourth-order valence-corrected chi connectivity index (χ4v) is 3.97. The molecule has 2 amide bonds. The molecule has 27 heavy (non-hydrogen) atoms. The van der Waals surface area contributed by atoms with Crippen LogP contribution in [0, 0.1) is 0 Å².